The first-order valence-corrected chi connectivity index (χ1v) is 7.51. The topological polar surface area (TPSA) is 93.1 Å². The molecule has 2 aromatic rings. The van der Waals surface area contributed by atoms with Crippen molar-refractivity contribution >= 4 is 13.8 Å². The van der Waals surface area contributed by atoms with E-state index in [4.69, 9.17) is 14.5 Å². The molecule has 2 aromatic carbocycles. The molecule has 0 atom stereocenters. The zero-order chi connectivity index (χ0) is 15.5. The highest BCUT2D eigenvalue weighted by Crippen LogP contribution is 2.42. The van der Waals surface area contributed by atoms with Crippen LogP contribution in [0.3, 0.4) is 0 Å². The Labute approximate surface area is 121 Å². The molecule has 2 N–H and O–H groups in total. The van der Waals surface area contributed by atoms with Crippen molar-refractivity contribution in [2.45, 2.75) is 6.92 Å². The van der Waals surface area contributed by atoms with Crippen LogP contribution in [0.2, 0.25) is 0 Å². The van der Waals surface area contributed by atoms with Crippen LogP contribution in [0.4, 0.5) is 0 Å². The van der Waals surface area contributed by atoms with Gasteiger partial charge in [-0.05, 0) is 36.8 Å². The maximum atomic E-state index is 12.0. The zero-order valence-corrected chi connectivity index (χ0v) is 12.0. The van der Waals surface area contributed by atoms with E-state index in [-0.39, 0.29) is 11.5 Å². The van der Waals surface area contributed by atoms with Crippen LogP contribution in [0.5, 0.6) is 11.5 Å². The Morgan fingerprint density at radius 1 is 1.05 bits per heavy atom. The van der Waals surface area contributed by atoms with Gasteiger partial charge in [0.15, 0.2) is 11.5 Å². The normalized spacial score (nSPS) is 11.0. The maximum Gasteiger partial charge on any atom is 0.524 e. The van der Waals surface area contributed by atoms with E-state index in [0.29, 0.717) is 5.56 Å². The molecule has 0 radical (unpaired) electrons. The molecule has 110 valence electrons. The number of phosphoric acid groups is 1. The highest BCUT2D eigenvalue weighted by atomic mass is 31.2. The molecule has 0 heterocycles. The van der Waals surface area contributed by atoms with Crippen molar-refractivity contribution < 1.29 is 28.4 Å². The molecule has 0 aromatic heterocycles. The number of aryl methyl sites for hydroxylation is 1. The third-order valence-electron chi connectivity index (χ3n) is 2.53. The molecule has 0 saturated heterocycles. The first-order chi connectivity index (χ1) is 9.85. The van der Waals surface area contributed by atoms with E-state index < -0.39 is 13.8 Å². The Hall–Kier alpha value is -2.14. The van der Waals surface area contributed by atoms with E-state index in [1.165, 1.54) is 12.1 Å². The van der Waals surface area contributed by atoms with E-state index in [0.717, 1.165) is 5.56 Å². The Balaban J connectivity index is 2.28. The summed E-state index contributed by atoms with van der Waals surface area (Å²) in [5.41, 5.74) is 1.07. The number of phosphoric ester groups is 1. The van der Waals surface area contributed by atoms with Crippen molar-refractivity contribution in [1.82, 2.24) is 0 Å². The summed E-state index contributed by atoms with van der Waals surface area (Å²) in [6.45, 7) is 1.75. The minimum atomic E-state index is -4.74. The van der Waals surface area contributed by atoms with Gasteiger partial charge in [0, 0.05) is 0 Å². The van der Waals surface area contributed by atoms with Gasteiger partial charge in [0.1, 0.15) is 0 Å². The Bertz CT molecular complexity index is 692. The second-order valence-corrected chi connectivity index (χ2v) is 5.45. The quantitative estimate of drug-likeness (QED) is 0.512. The van der Waals surface area contributed by atoms with Crippen molar-refractivity contribution in [3.8, 4) is 11.5 Å². The predicted octanol–water partition coefficient (Wildman–Crippen LogP) is 2.69. The number of hydrogen-bond donors (Lipinski definition) is 2. The lowest BCUT2D eigenvalue weighted by atomic mass is 10.2. The van der Waals surface area contributed by atoms with Crippen LogP contribution in [0.1, 0.15) is 15.9 Å². The molecule has 0 bridgehead atoms. The number of ether oxygens (including phenoxy) is 1. The molecule has 7 heteroatoms. The smallest absolute Gasteiger partial charge is 0.419 e. The molecule has 0 unspecified atom stereocenters. The first kappa shape index (κ1) is 15.3. The fraction of sp³-hybridized carbons (Fsp3) is 0.0714. The standard InChI is InChI=1S/C14H13O6P/c1-10-7-8-12(20-21(16,17)18)13(9-10)19-14(15)11-5-3-2-4-6-11/h2-9H,1H3,(H2,16,17,18). The van der Waals surface area contributed by atoms with Crippen molar-refractivity contribution in [1.29, 1.82) is 0 Å². The number of carbonyl (C=O) groups excluding carboxylic acids is 1. The first-order valence-electron chi connectivity index (χ1n) is 5.98. The van der Waals surface area contributed by atoms with Crippen LogP contribution < -0.4 is 9.26 Å². The number of benzene rings is 2. The van der Waals surface area contributed by atoms with Gasteiger partial charge in [-0.3, -0.25) is 9.79 Å². The summed E-state index contributed by atoms with van der Waals surface area (Å²) in [7, 11) is -4.74. The molecule has 6 nitrogen and oxygen atoms in total. The summed E-state index contributed by atoms with van der Waals surface area (Å²) in [6, 6.07) is 12.6. The van der Waals surface area contributed by atoms with Gasteiger partial charge >= 0.3 is 13.8 Å². The van der Waals surface area contributed by atoms with Crippen LogP contribution >= 0.6 is 7.82 Å². The second-order valence-electron chi connectivity index (χ2n) is 4.29. The fourth-order valence-corrected chi connectivity index (χ4v) is 2.04. The average molecular weight is 308 g/mol. The Morgan fingerprint density at radius 3 is 2.33 bits per heavy atom. The van der Waals surface area contributed by atoms with Crippen LogP contribution in [0.25, 0.3) is 0 Å². The monoisotopic (exact) mass is 308 g/mol. The van der Waals surface area contributed by atoms with Crippen LogP contribution in [0, 0.1) is 6.92 Å². The summed E-state index contributed by atoms with van der Waals surface area (Å²) >= 11 is 0. The predicted molar refractivity (Wildman–Crippen MR) is 75.3 cm³/mol. The van der Waals surface area contributed by atoms with Gasteiger partial charge in [0.05, 0.1) is 5.56 Å². The summed E-state index contributed by atoms with van der Waals surface area (Å²) < 4.78 is 20.6. The van der Waals surface area contributed by atoms with Gasteiger partial charge < -0.3 is 9.26 Å². The minimum Gasteiger partial charge on any atom is -0.419 e. The SMILES string of the molecule is Cc1ccc(OP(=O)(O)O)c(OC(=O)c2ccccc2)c1. The summed E-state index contributed by atoms with van der Waals surface area (Å²) in [5, 5.41) is 0. The van der Waals surface area contributed by atoms with Crippen molar-refractivity contribution in [2.24, 2.45) is 0 Å². The van der Waals surface area contributed by atoms with Crippen LogP contribution in [-0.4, -0.2) is 15.8 Å². The third-order valence-corrected chi connectivity index (χ3v) is 2.96. The summed E-state index contributed by atoms with van der Waals surface area (Å²) in [6.07, 6.45) is 0. The molecule has 0 aliphatic carbocycles. The maximum absolute atomic E-state index is 12.0. The van der Waals surface area contributed by atoms with Gasteiger partial charge in [-0.25, -0.2) is 9.36 Å². The average Bonchev–Trinajstić information content (AvgIpc) is 2.41. The van der Waals surface area contributed by atoms with Gasteiger partial charge in [-0.2, -0.15) is 0 Å². The molecule has 0 aliphatic rings. The lowest BCUT2D eigenvalue weighted by Gasteiger charge is -2.12. The van der Waals surface area contributed by atoms with E-state index in [1.807, 2.05) is 0 Å². The van der Waals surface area contributed by atoms with Crippen molar-refractivity contribution in [3.63, 3.8) is 0 Å². The Morgan fingerprint density at radius 2 is 1.71 bits per heavy atom. The molecule has 2 rings (SSSR count). The Kier molecular flexibility index (Phi) is 4.43. The van der Waals surface area contributed by atoms with Gasteiger partial charge in [0.25, 0.3) is 0 Å². The van der Waals surface area contributed by atoms with E-state index >= 15 is 0 Å². The molecule has 0 saturated carbocycles. The lowest BCUT2D eigenvalue weighted by Crippen LogP contribution is -2.09. The fourth-order valence-electron chi connectivity index (χ4n) is 1.63. The number of rotatable bonds is 4. The highest BCUT2D eigenvalue weighted by Gasteiger charge is 2.20. The molecule has 0 spiro atoms. The highest BCUT2D eigenvalue weighted by molar-refractivity contribution is 7.46. The lowest BCUT2D eigenvalue weighted by molar-refractivity contribution is 0.0730. The minimum absolute atomic E-state index is 0.0489. The number of hydrogen-bond acceptors (Lipinski definition) is 4. The van der Waals surface area contributed by atoms with Gasteiger partial charge in [0.2, 0.25) is 0 Å². The number of esters is 1. The van der Waals surface area contributed by atoms with E-state index in [9.17, 15) is 9.36 Å². The van der Waals surface area contributed by atoms with E-state index in [1.54, 1.807) is 43.3 Å². The summed E-state index contributed by atoms with van der Waals surface area (Å²) in [5.74, 6) is -0.887. The third kappa shape index (κ3) is 4.43. The van der Waals surface area contributed by atoms with E-state index in [2.05, 4.69) is 4.52 Å². The largest absolute Gasteiger partial charge is 0.524 e. The second kappa shape index (κ2) is 6.10. The molecule has 0 aliphatic heterocycles. The van der Waals surface area contributed by atoms with Crippen LogP contribution in [0.15, 0.2) is 48.5 Å². The van der Waals surface area contributed by atoms with Crippen LogP contribution in [-0.2, 0) is 4.57 Å². The zero-order valence-electron chi connectivity index (χ0n) is 11.1. The molecule has 21 heavy (non-hydrogen) atoms. The summed E-state index contributed by atoms with van der Waals surface area (Å²) in [4.78, 5) is 29.7. The van der Waals surface area contributed by atoms with Crippen molar-refractivity contribution in [2.75, 3.05) is 0 Å². The molecular weight excluding hydrogens is 295 g/mol. The molecule has 0 amide bonds. The molecule has 0 fully saturated rings. The van der Waals surface area contributed by atoms with Gasteiger partial charge in [-0.15, -0.1) is 0 Å². The molecular formula is C14H13O6P. The van der Waals surface area contributed by atoms with Crippen molar-refractivity contribution in [3.05, 3.63) is 59.7 Å². The number of carbonyl (C=O) groups is 1. The van der Waals surface area contributed by atoms with Gasteiger partial charge in [-0.1, -0.05) is 24.3 Å².